The second kappa shape index (κ2) is 9.80. The Morgan fingerprint density at radius 2 is 1.51 bits per heavy atom. The highest BCUT2D eigenvalue weighted by molar-refractivity contribution is 7.99. The topological polar surface area (TPSA) is 57.6 Å². The predicted molar refractivity (Wildman–Crippen MR) is 139 cm³/mol. The fraction of sp³-hybridized carbons (Fsp3) is 0.133. The van der Waals surface area contributed by atoms with Crippen LogP contribution >= 0.6 is 11.8 Å². The molecule has 4 aromatic rings. The zero-order valence-corrected chi connectivity index (χ0v) is 20.2. The van der Waals surface area contributed by atoms with E-state index in [1.807, 2.05) is 61.5 Å². The molecule has 0 aliphatic heterocycles. The first-order valence-corrected chi connectivity index (χ1v) is 12.3. The van der Waals surface area contributed by atoms with Gasteiger partial charge in [0, 0.05) is 27.8 Å². The molecule has 0 spiro atoms. The van der Waals surface area contributed by atoms with Crippen LogP contribution in [0.25, 0.3) is 11.1 Å². The summed E-state index contributed by atoms with van der Waals surface area (Å²) < 4.78 is 0. The van der Waals surface area contributed by atoms with E-state index in [9.17, 15) is 14.7 Å². The van der Waals surface area contributed by atoms with Gasteiger partial charge in [-0.1, -0.05) is 90.6 Å². The van der Waals surface area contributed by atoms with Crippen LogP contribution in [0.4, 0.5) is 4.79 Å². The average Bonchev–Trinajstić information content (AvgIpc) is 3.19. The molecule has 5 heteroatoms. The lowest BCUT2D eigenvalue weighted by Crippen LogP contribution is -2.33. The molecule has 1 amide bonds. The van der Waals surface area contributed by atoms with Gasteiger partial charge in [-0.3, -0.25) is 4.79 Å². The molecule has 0 atom stereocenters. The fourth-order valence-corrected chi connectivity index (χ4v) is 5.90. The Labute approximate surface area is 209 Å². The summed E-state index contributed by atoms with van der Waals surface area (Å²) in [5, 5.41) is 10.2. The van der Waals surface area contributed by atoms with Crippen molar-refractivity contribution in [2.75, 3.05) is 6.54 Å². The van der Waals surface area contributed by atoms with Gasteiger partial charge in [0.25, 0.3) is 0 Å². The van der Waals surface area contributed by atoms with Crippen molar-refractivity contribution >= 4 is 24.1 Å². The van der Waals surface area contributed by atoms with Crippen LogP contribution in [0.2, 0.25) is 0 Å². The van der Waals surface area contributed by atoms with Crippen LogP contribution in [-0.2, 0) is 6.54 Å². The Balaban J connectivity index is 1.46. The van der Waals surface area contributed by atoms with Gasteiger partial charge in [0.1, 0.15) is 0 Å². The standard InChI is InChI=1S/C30H25NO3S/c1-20-14-15-21(29(16-20)35-28-13-7-2-8-22(28)19-32)17-31(30(33)34)18-27-25-11-5-3-9-23(25)24-10-4-6-12-26(24)27/h2-16,19,27H,17-18H2,1H3,(H,33,34). The number of aldehydes is 1. The first kappa shape index (κ1) is 22.9. The highest BCUT2D eigenvalue weighted by atomic mass is 32.2. The number of carbonyl (C=O) groups excluding carboxylic acids is 1. The number of nitrogens with zero attached hydrogens (tertiary/aromatic N) is 1. The summed E-state index contributed by atoms with van der Waals surface area (Å²) >= 11 is 1.50. The Hall–Kier alpha value is -3.83. The number of carboxylic acid groups (broad SMARTS) is 1. The third-order valence-electron chi connectivity index (χ3n) is 6.49. The number of fused-ring (bicyclic) bond motifs is 3. The van der Waals surface area contributed by atoms with Crippen LogP contribution in [0.3, 0.4) is 0 Å². The zero-order valence-electron chi connectivity index (χ0n) is 19.3. The first-order chi connectivity index (χ1) is 17.0. The van der Waals surface area contributed by atoms with Gasteiger partial charge in [-0.15, -0.1) is 0 Å². The number of benzene rings is 4. The maximum absolute atomic E-state index is 12.4. The fourth-order valence-electron chi connectivity index (χ4n) is 4.77. The molecule has 0 fully saturated rings. The van der Waals surface area contributed by atoms with E-state index in [1.165, 1.54) is 38.9 Å². The van der Waals surface area contributed by atoms with E-state index in [0.29, 0.717) is 12.1 Å². The Bertz CT molecular complexity index is 1370. The van der Waals surface area contributed by atoms with Crippen molar-refractivity contribution in [1.82, 2.24) is 4.90 Å². The monoisotopic (exact) mass is 479 g/mol. The molecule has 0 aromatic heterocycles. The van der Waals surface area contributed by atoms with Crippen molar-refractivity contribution in [2.45, 2.75) is 29.2 Å². The van der Waals surface area contributed by atoms with Crippen LogP contribution in [0.15, 0.2) is 101 Å². The maximum atomic E-state index is 12.4. The van der Waals surface area contributed by atoms with E-state index in [4.69, 9.17) is 0 Å². The quantitative estimate of drug-likeness (QED) is 0.284. The second-order valence-electron chi connectivity index (χ2n) is 8.76. The van der Waals surface area contributed by atoms with Gasteiger partial charge in [-0.25, -0.2) is 4.79 Å². The van der Waals surface area contributed by atoms with E-state index in [2.05, 4.69) is 30.3 Å². The second-order valence-corrected chi connectivity index (χ2v) is 9.84. The van der Waals surface area contributed by atoms with Crippen LogP contribution in [0, 0.1) is 6.92 Å². The van der Waals surface area contributed by atoms with Crippen molar-refractivity contribution < 1.29 is 14.7 Å². The molecule has 1 N–H and O–H groups in total. The van der Waals surface area contributed by atoms with Crippen LogP contribution in [0.5, 0.6) is 0 Å². The minimum atomic E-state index is -0.948. The first-order valence-electron chi connectivity index (χ1n) is 11.5. The third-order valence-corrected chi connectivity index (χ3v) is 7.68. The van der Waals surface area contributed by atoms with Gasteiger partial charge in [0.05, 0.1) is 6.54 Å². The molecule has 4 aromatic carbocycles. The molecule has 0 radical (unpaired) electrons. The summed E-state index contributed by atoms with van der Waals surface area (Å²) in [5.41, 5.74) is 7.31. The number of aryl methyl sites for hydroxylation is 1. The highest BCUT2D eigenvalue weighted by Gasteiger charge is 2.31. The summed E-state index contributed by atoms with van der Waals surface area (Å²) in [7, 11) is 0. The number of carbonyl (C=O) groups is 2. The Morgan fingerprint density at radius 3 is 2.17 bits per heavy atom. The third kappa shape index (κ3) is 4.60. The molecule has 0 saturated carbocycles. The van der Waals surface area contributed by atoms with Crippen molar-refractivity contribution in [3.05, 3.63) is 119 Å². The van der Waals surface area contributed by atoms with E-state index < -0.39 is 6.09 Å². The van der Waals surface area contributed by atoms with E-state index in [1.54, 1.807) is 6.07 Å². The minimum absolute atomic E-state index is 0.0177. The lowest BCUT2D eigenvalue weighted by molar-refractivity contribution is 0.112. The van der Waals surface area contributed by atoms with Crippen molar-refractivity contribution in [1.29, 1.82) is 0 Å². The summed E-state index contributed by atoms with van der Waals surface area (Å²) in [4.78, 5) is 27.3. The van der Waals surface area contributed by atoms with Crippen LogP contribution < -0.4 is 0 Å². The SMILES string of the molecule is Cc1ccc(CN(CC2c3ccccc3-c3ccccc32)C(=O)O)c(Sc2ccccc2C=O)c1. The molecule has 0 saturated heterocycles. The molecule has 1 aliphatic carbocycles. The molecule has 0 heterocycles. The summed E-state index contributed by atoms with van der Waals surface area (Å²) in [6.07, 6.45) is -0.0900. The lowest BCUT2D eigenvalue weighted by Gasteiger charge is -2.25. The van der Waals surface area contributed by atoms with Crippen LogP contribution in [-0.4, -0.2) is 28.9 Å². The summed E-state index contributed by atoms with van der Waals surface area (Å²) in [6.45, 7) is 2.65. The molecule has 0 bridgehead atoms. The van der Waals surface area contributed by atoms with Crippen molar-refractivity contribution in [3.63, 3.8) is 0 Å². The zero-order chi connectivity index (χ0) is 24.4. The van der Waals surface area contributed by atoms with Gasteiger partial charge in [0.2, 0.25) is 0 Å². The van der Waals surface area contributed by atoms with Crippen LogP contribution in [0.1, 0.15) is 38.5 Å². The average molecular weight is 480 g/mol. The lowest BCUT2D eigenvalue weighted by atomic mass is 9.96. The van der Waals surface area contributed by atoms with Gasteiger partial charge in [-0.2, -0.15) is 0 Å². The molecule has 4 nitrogen and oxygen atoms in total. The predicted octanol–water partition coefficient (Wildman–Crippen LogP) is 7.25. The maximum Gasteiger partial charge on any atom is 0.407 e. The number of amides is 1. The molecular weight excluding hydrogens is 454 g/mol. The molecule has 35 heavy (non-hydrogen) atoms. The molecule has 5 rings (SSSR count). The van der Waals surface area contributed by atoms with Gasteiger partial charge < -0.3 is 10.0 Å². The van der Waals surface area contributed by atoms with E-state index in [0.717, 1.165) is 27.2 Å². The van der Waals surface area contributed by atoms with Gasteiger partial charge >= 0.3 is 6.09 Å². The number of rotatable bonds is 7. The van der Waals surface area contributed by atoms with E-state index in [-0.39, 0.29) is 12.5 Å². The van der Waals surface area contributed by atoms with Crippen molar-refractivity contribution in [2.24, 2.45) is 0 Å². The normalized spacial score (nSPS) is 12.1. The Kier molecular flexibility index (Phi) is 6.43. The summed E-state index contributed by atoms with van der Waals surface area (Å²) in [5.74, 6) is -0.0177. The molecular formula is C30H25NO3S. The highest BCUT2D eigenvalue weighted by Crippen LogP contribution is 2.45. The summed E-state index contributed by atoms with van der Waals surface area (Å²) in [6, 6.07) is 30.0. The molecule has 1 aliphatic rings. The minimum Gasteiger partial charge on any atom is -0.465 e. The molecule has 0 unspecified atom stereocenters. The van der Waals surface area contributed by atoms with E-state index >= 15 is 0 Å². The number of hydrogen-bond acceptors (Lipinski definition) is 3. The van der Waals surface area contributed by atoms with Gasteiger partial charge in [-0.05, 0) is 52.4 Å². The number of hydrogen-bond donors (Lipinski definition) is 1. The smallest absolute Gasteiger partial charge is 0.407 e. The van der Waals surface area contributed by atoms with Crippen molar-refractivity contribution in [3.8, 4) is 11.1 Å². The Morgan fingerprint density at radius 1 is 0.886 bits per heavy atom. The van der Waals surface area contributed by atoms with Gasteiger partial charge in [0.15, 0.2) is 6.29 Å². The molecule has 174 valence electrons. The largest absolute Gasteiger partial charge is 0.465 e.